The molecule has 2 atom stereocenters. The van der Waals surface area contributed by atoms with E-state index in [1.165, 1.54) is 19.2 Å². The van der Waals surface area contributed by atoms with Crippen LogP contribution in [0.4, 0.5) is 15.8 Å². The van der Waals surface area contributed by atoms with Crippen LogP contribution in [0.15, 0.2) is 81.8 Å². The third-order valence-corrected chi connectivity index (χ3v) is 7.53. The quantitative estimate of drug-likeness (QED) is 0.251. The molecular weight excluding hydrogens is 595 g/mol. The third-order valence-electron chi connectivity index (χ3n) is 5.97. The Labute approximate surface area is 233 Å². The second-order valence-electron chi connectivity index (χ2n) is 8.58. The minimum atomic E-state index is -3.51. The van der Waals surface area contributed by atoms with Crippen molar-refractivity contribution in [3.05, 3.63) is 94.7 Å². The number of ether oxygens (including phenoxy) is 1. The number of nitrogens with zero attached hydrogens (tertiary/aromatic N) is 2. The van der Waals surface area contributed by atoms with Gasteiger partial charge < -0.3 is 19.4 Å². The molecular formula is C26H22BrFN4O4S2. The molecule has 0 spiro atoms. The maximum atomic E-state index is 13.7. The Balaban J connectivity index is 1.60. The average Bonchev–Trinajstić information content (AvgIpc) is 3.48. The molecule has 0 saturated carbocycles. The van der Waals surface area contributed by atoms with Crippen molar-refractivity contribution in [3.63, 3.8) is 0 Å². The number of nitrogens with one attached hydrogen (secondary N) is 2. The molecule has 38 heavy (non-hydrogen) atoms. The molecule has 0 radical (unpaired) electrons. The summed E-state index contributed by atoms with van der Waals surface area (Å²) in [4.78, 5) is 6.41. The number of hydrogen-bond acceptors (Lipinski definition) is 6. The van der Waals surface area contributed by atoms with Crippen molar-refractivity contribution in [2.45, 2.75) is 12.1 Å². The number of pyridine rings is 1. The number of aromatic nitrogens is 1. The van der Waals surface area contributed by atoms with E-state index in [1.807, 2.05) is 35.2 Å². The Kier molecular flexibility index (Phi) is 7.12. The van der Waals surface area contributed by atoms with Crippen LogP contribution in [0.25, 0.3) is 11.3 Å². The summed E-state index contributed by atoms with van der Waals surface area (Å²) in [6.07, 6.45) is 2.78. The molecule has 2 aromatic heterocycles. The highest BCUT2D eigenvalue weighted by Gasteiger charge is 2.43. The van der Waals surface area contributed by atoms with Gasteiger partial charge in [0, 0.05) is 28.0 Å². The summed E-state index contributed by atoms with van der Waals surface area (Å²) in [5.74, 6) is 1.11. The van der Waals surface area contributed by atoms with E-state index in [9.17, 15) is 12.8 Å². The Morgan fingerprint density at radius 3 is 2.66 bits per heavy atom. The monoisotopic (exact) mass is 616 g/mol. The van der Waals surface area contributed by atoms with E-state index >= 15 is 0 Å². The molecule has 2 aromatic carbocycles. The lowest BCUT2D eigenvalue weighted by Crippen LogP contribution is -2.29. The van der Waals surface area contributed by atoms with Gasteiger partial charge in [-0.15, -0.1) is 0 Å². The van der Waals surface area contributed by atoms with Crippen LogP contribution in [-0.4, -0.2) is 31.9 Å². The van der Waals surface area contributed by atoms with Gasteiger partial charge in [0.25, 0.3) is 0 Å². The summed E-state index contributed by atoms with van der Waals surface area (Å²) >= 11 is 9.17. The number of hydrogen-bond donors (Lipinski definition) is 2. The van der Waals surface area contributed by atoms with Gasteiger partial charge in [-0.3, -0.25) is 9.71 Å². The Bertz CT molecular complexity index is 1610. The fraction of sp³-hybridized carbons (Fsp3) is 0.154. The van der Waals surface area contributed by atoms with E-state index in [4.69, 9.17) is 21.4 Å². The first-order valence-electron chi connectivity index (χ1n) is 11.4. The molecule has 2 unspecified atom stereocenters. The van der Waals surface area contributed by atoms with Gasteiger partial charge in [-0.25, -0.2) is 12.8 Å². The van der Waals surface area contributed by atoms with Crippen molar-refractivity contribution in [2.24, 2.45) is 0 Å². The summed E-state index contributed by atoms with van der Waals surface area (Å²) in [6, 6.07) is 17.9. The van der Waals surface area contributed by atoms with Crippen molar-refractivity contribution in [3.8, 4) is 17.1 Å². The number of methoxy groups -OCH3 is 1. The van der Waals surface area contributed by atoms with E-state index in [0.717, 1.165) is 11.9 Å². The van der Waals surface area contributed by atoms with Crippen molar-refractivity contribution in [1.29, 1.82) is 0 Å². The average molecular weight is 618 g/mol. The summed E-state index contributed by atoms with van der Waals surface area (Å²) in [5, 5.41) is 3.78. The lowest BCUT2D eigenvalue weighted by atomic mass is 10.0. The second kappa shape index (κ2) is 10.4. The number of sulfonamides is 1. The van der Waals surface area contributed by atoms with Crippen molar-refractivity contribution >= 4 is 54.7 Å². The van der Waals surface area contributed by atoms with Gasteiger partial charge in [0.05, 0.1) is 30.8 Å². The van der Waals surface area contributed by atoms with Crippen LogP contribution < -0.4 is 19.7 Å². The fourth-order valence-electron chi connectivity index (χ4n) is 4.38. The zero-order valence-corrected chi connectivity index (χ0v) is 23.4. The predicted molar refractivity (Wildman–Crippen MR) is 151 cm³/mol. The number of rotatable bonds is 7. The predicted octanol–water partition coefficient (Wildman–Crippen LogP) is 5.80. The minimum absolute atomic E-state index is 0.302. The highest BCUT2D eigenvalue weighted by atomic mass is 79.9. The van der Waals surface area contributed by atoms with Crippen molar-refractivity contribution in [2.75, 3.05) is 23.0 Å². The van der Waals surface area contributed by atoms with Gasteiger partial charge in [0.2, 0.25) is 10.0 Å². The van der Waals surface area contributed by atoms with Gasteiger partial charge in [-0.05, 0) is 82.7 Å². The summed E-state index contributed by atoms with van der Waals surface area (Å²) < 4.78 is 52.1. The third kappa shape index (κ3) is 5.24. The number of benzene rings is 2. The van der Waals surface area contributed by atoms with E-state index in [0.29, 0.717) is 43.8 Å². The van der Waals surface area contributed by atoms with Crippen molar-refractivity contribution in [1.82, 2.24) is 10.3 Å². The highest BCUT2D eigenvalue weighted by Crippen LogP contribution is 2.45. The van der Waals surface area contributed by atoms with Crippen LogP contribution in [0.5, 0.6) is 5.75 Å². The largest absolute Gasteiger partial charge is 0.494 e. The van der Waals surface area contributed by atoms with Gasteiger partial charge in [0.15, 0.2) is 5.11 Å². The van der Waals surface area contributed by atoms with Gasteiger partial charge >= 0.3 is 0 Å². The number of thiocarbonyl (C=S) groups is 1. The van der Waals surface area contributed by atoms with Crippen LogP contribution in [0, 0.1) is 5.82 Å². The van der Waals surface area contributed by atoms with E-state index in [2.05, 4.69) is 31.0 Å². The Morgan fingerprint density at radius 1 is 1.16 bits per heavy atom. The zero-order chi connectivity index (χ0) is 27.0. The molecule has 1 aliphatic heterocycles. The van der Waals surface area contributed by atoms with Crippen LogP contribution in [0.3, 0.4) is 0 Å². The first kappa shape index (κ1) is 26.1. The molecule has 0 bridgehead atoms. The van der Waals surface area contributed by atoms with Crippen LogP contribution in [0.1, 0.15) is 23.5 Å². The van der Waals surface area contributed by atoms with Crippen LogP contribution >= 0.6 is 28.1 Å². The molecule has 1 aliphatic rings. The summed E-state index contributed by atoms with van der Waals surface area (Å²) in [7, 11) is -2.05. The number of furan rings is 1. The summed E-state index contributed by atoms with van der Waals surface area (Å²) in [5.41, 5.74) is 2.41. The maximum absolute atomic E-state index is 13.7. The molecule has 5 rings (SSSR count). The number of halogens is 2. The molecule has 4 aromatic rings. The van der Waals surface area contributed by atoms with Crippen LogP contribution in [0.2, 0.25) is 0 Å². The standard InChI is InChI=1S/C26H22BrFN4O4S2/c1-35-23-14-16(7-9-19(23)31-38(2,33)34)32-25(24(30-26(32)37)20-5-3-4-12-29-20)22-11-10-21(36-22)17-8-6-15(28)13-18(17)27/h3-14,24-25,31H,1-2H3,(H,30,37). The smallest absolute Gasteiger partial charge is 0.229 e. The first-order valence-corrected chi connectivity index (χ1v) is 14.5. The van der Waals surface area contributed by atoms with E-state index in [1.54, 1.807) is 30.5 Å². The molecule has 12 heteroatoms. The van der Waals surface area contributed by atoms with Gasteiger partial charge in [0.1, 0.15) is 29.1 Å². The second-order valence-corrected chi connectivity index (χ2v) is 11.6. The first-order chi connectivity index (χ1) is 18.1. The number of anilines is 2. The van der Waals surface area contributed by atoms with Crippen LogP contribution in [-0.2, 0) is 10.0 Å². The maximum Gasteiger partial charge on any atom is 0.229 e. The fourth-order valence-corrected chi connectivity index (χ4v) is 5.84. The minimum Gasteiger partial charge on any atom is -0.494 e. The molecule has 3 heterocycles. The normalized spacial score (nSPS) is 17.4. The van der Waals surface area contributed by atoms with Gasteiger partial charge in [-0.2, -0.15) is 0 Å². The van der Waals surface area contributed by atoms with E-state index in [-0.39, 0.29) is 11.9 Å². The molecule has 0 amide bonds. The Morgan fingerprint density at radius 2 is 1.97 bits per heavy atom. The molecule has 1 fully saturated rings. The molecule has 8 nitrogen and oxygen atoms in total. The zero-order valence-electron chi connectivity index (χ0n) is 20.2. The summed E-state index contributed by atoms with van der Waals surface area (Å²) in [6.45, 7) is 0. The topological polar surface area (TPSA) is 96.7 Å². The van der Waals surface area contributed by atoms with Crippen molar-refractivity contribution < 1.29 is 22.0 Å². The molecule has 2 N–H and O–H groups in total. The molecule has 196 valence electrons. The molecule has 1 saturated heterocycles. The lowest BCUT2D eigenvalue weighted by molar-refractivity contribution is 0.416. The highest BCUT2D eigenvalue weighted by molar-refractivity contribution is 9.10. The van der Waals surface area contributed by atoms with E-state index < -0.39 is 16.1 Å². The SMILES string of the molecule is COc1cc(N2C(=S)NC(c3ccccn3)C2c2ccc(-c3ccc(F)cc3Br)o2)ccc1NS(C)(=O)=O. The van der Waals surface area contributed by atoms with Gasteiger partial charge in [-0.1, -0.05) is 6.07 Å². The lowest BCUT2D eigenvalue weighted by Gasteiger charge is -2.27. The molecule has 0 aliphatic carbocycles. The Hall–Kier alpha value is -3.48.